The Hall–Kier alpha value is -4.36. The smallest absolute Gasteiger partial charge is 0.308 e. The SMILES string of the molecule is COC(=O)C1CCC(CN2CCc3c(nc(C(=O)Nc4cccc(-c5cccc(CC(=O)c6nc7c(n6C)CCN(C6CCC(O)CC6)C7)c5C)c4Cl)n3C)C2)CC1. The average Bonchev–Trinajstić information content (AvgIpc) is 3.74. The second-order valence-electron chi connectivity index (χ2n) is 17.0. The summed E-state index contributed by atoms with van der Waals surface area (Å²) in [4.78, 5) is 54.3. The number of rotatable bonds is 10. The van der Waals surface area contributed by atoms with E-state index >= 15 is 0 Å². The van der Waals surface area contributed by atoms with Gasteiger partial charge in [-0.25, -0.2) is 9.97 Å². The number of hydrogen-bond acceptors (Lipinski definition) is 9. The molecule has 2 aliphatic carbocycles. The summed E-state index contributed by atoms with van der Waals surface area (Å²) in [6.45, 7) is 6.24. The van der Waals surface area contributed by atoms with Crippen LogP contribution in [0, 0.1) is 18.8 Å². The summed E-state index contributed by atoms with van der Waals surface area (Å²) in [6.07, 6.45) is 9.17. The molecule has 0 radical (unpaired) electrons. The third kappa shape index (κ3) is 8.13. The molecule has 12 nitrogen and oxygen atoms in total. The Labute approximate surface area is 345 Å². The van der Waals surface area contributed by atoms with Crippen molar-refractivity contribution in [3.8, 4) is 11.1 Å². The molecule has 2 fully saturated rings. The fourth-order valence-electron chi connectivity index (χ4n) is 10.0. The summed E-state index contributed by atoms with van der Waals surface area (Å²) < 4.78 is 8.85. The number of aliphatic hydroxyl groups excluding tert-OH is 1. The number of amides is 1. The Kier molecular flexibility index (Phi) is 11.9. The first kappa shape index (κ1) is 40.4. The third-order valence-electron chi connectivity index (χ3n) is 13.5. The van der Waals surface area contributed by atoms with Crippen LogP contribution in [0.25, 0.3) is 11.1 Å². The average molecular weight is 810 g/mol. The second-order valence-corrected chi connectivity index (χ2v) is 17.4. The van der Waals surface area contributed by atoms with E-state index in [0.717, 1.165) is 135 Å². The lowest BCUT2D eigenvalue weighted by molar-refractivity contribution is -0.146. The molecule has 2 aromatic carbocycles. The van der Waals surface area contributed by atoms with Gasteiger partial charge < -0.3 is 24.3 Å². The van der Waals surface area contributed by atoms with Crippen LogP contribution in [0.3, 0.4) is 0 Å². The van der Waals surface area contributed by atoms with Crippen LogP contribution in [-0.2, 0) is 56.0 Å². The van der Waals surface area contributed by atoms with Gasteiger partial charge in [-0.3, -0.25) is 24.2 Å². The van der Waals surface area contributed by atoms with E-state index in [0.29, 0.717) is 40.9 Å². The van der Waals surface area contributed by atoms with Gasteiger partial charge in [0, 0.05) is 89.1 Å². The highest BCUT2D eigenvalue weighted by atomic mass is 35.5. The molecule has 2 saturated carbocycles. The van der Waals surface area contributed by atoms with Crippen LogP contribution >= 0.6 is 11.6 Å². The molecule has 2 aromatic heterocycles. The topological polar surface area (TPSA) is 135 Å². The number of imidazole rings is 2. The van der Waals surface area contributed by atoms with E-state index in [4.69, 9.17) is 26.3 Å². The highest BCUT2D eigenvalue weighted by molar-refractivity contribution is 6.36. The number of aliphatic hydroxyl groups is 1. The number of fused-ring (bicyclic) bond motifs is 2. The fraction of sp³-hybridized carbons (Fsp3) is 0.533. The molecule has 308 valence electrons. The number of halogens is 1. The molecule has 0 bridgehead atoms. The Morgan fingerprint density at radius 2 is 1.50 bits per heavy atom. The Balaban J connectivity index is 0.925. The molecule has 0 saturated heterocycles. The molecular weight excluding hydrogens is 754 g/mol. The number of hydrogen-bond donors (Lipinski definition) is 2. The number of benzene rings is 2. The molecule has 0 atom stereocenters. The molecule has 2 N–H and O–H groups in total. The molecular formula is C45H56ClN7O5. The van der Waals surface area contributed by atoms with Gasteiger partial charge in [0.05, 0.1) is 41.2 Å². The minimum atomic E-state index is -0.321. The van der Waals surface area contributed by atoms with Gasteiger partial charge >= 0.3 is 5.97 Å². The van der Waals surface area contributed by atoms with Crippen LogP contribution in [0.15, 0.2) is 36.4 Å². The van der Waals surface area contributed by atoms with E-state index in [-0.39, 0.29) is 36.1 Å². The summed E-state index contributed by atoms with van der Waals surface area (Å²) in [5, 5.41) is 13.4. The fourth-order valence-corrected chi connectivity index (χ4v) is 10.3. The molecule has 58 heavy (non-hydrogen) atoms. The quantitative estimate of drug-likeness (QED) is 0.137. The van der Waals surface area contributed by atoms with Crippen molar-refractivity contribution >= 4 is 34.9 Å². The molecule has 4 heterocycles. The van der Waals surface area contributed by atoms with E-state index in [1.165, 1.54) is 7.11 Å². The summed E-state index contributed by atoms with van der Waals surface area (Å²) in [7, 11) is 5.32. The lowest BCUT2D eigenvalue weighted by Crippen LogP contribution is -2.42. The summed E-state index contributed by atoms with van der Waals surface area (Å²) in [5.74, 6) is 0.951. The van der Waals surface area contributed by atoms with Crippen molar-refractivity contribution in [3.63, 3.8) is 0 Å². The number of carbonyl (C=O) groups excluding carboxylic acids is 3. The summed E-state index contributed by atoms with van der Waals surface area (Å²) in [5.41, 5.74) is 8.12. The van der Waals surface area contributed by atoms with Gasteiger partial charge in [-0.2, -0.15) is 0 Å². The largest absolute Gasteiger partial charge is 0.469 e. The van der Waals surface area contributed by atoms with E-state index < -0.39 is 0 Å². The van der Waals surface area contributed by atoms with E-state index in [9.17, 15) is 19.5 Å². The van der Waals surface area contributed by atoms with Gasteiger partial charge in [-0.1, -0.05) is 41.9 Å². The van der Waals surface area contributed by atoms with Crippen molar-refractivity contribution < 1.29 is 24.2 Å². The van der Waals surface area contributed by atoms with Crippen molar-refractivity contribution in [3.05, 3.63) is 87.0 Å². The molecule has 1 amide bonds. The number of anilines is 1. The Morgan fingerprint density at radius 3 is 2.24 bits per heavy atom. The zero-order valence-corrected chi connectivity index (χ0v) is 35.0. The molecule has 4 aliphatic rings. The molecule has 0 spiro atoms. The summed E-state index contributed by atoms with van der Waals surface area (Å²) >= 11 is 7.07. The first-order valence-electron chi connectivity index (χ1n) is 21.0. The minimum absolute atomic E-state index is 0.0189. The van der Waals surface area contributed by atoms with Crippen LogP contribution in [-0.4, -0.2) is 90.6 Å². The molecule has 13 heteroatoms. The van der Waals surface area contributed by atoms with Gasteiger partial charge in [-0.15, -0.1) is 0 Å². The van der Waals surface area contributed by atoms with Crippen molar-refractivity contribution in [1.82, 2.24) is 28.9 Å². The monoisotopic (exact) mass is 809 g/mol. The maximum atomic E-state index is 13.9. The number of nitrogens with one attached hydrogen (secondary N) is 1. The number of esters is 1. The van der Waals surface area contributed by atoms with Crippen molar-refractivity contribution in [2.75, 3.05) is 32.1 Å². The molecule has 4 aromatic rings. The van der Waals surface area contributed by atoms with Gasteiger partial charge in [-0.05, 0) is 87.0 Å². The number of carbonyl (C=O) groups is 3. The number of aromatic nitrogens is 4. The van der Waals surface area contributed by atoms with Crippen molar-refractivity contribution in [2.45, 2.75) is 103 Å². The van der Waals surface area contributed by atoms with Crippen LogP contribution in [0.1, 0.15) is 107 Å². The maximum absolute atomic E-state index is 13.9. The van der Waals surface area contributed by atoms with Crippen LogP contribution in [0.4, 0.5) is 5.69 Å². The van der Waals surface area contributed by atoms with E-state index in [1.807, 2.05) is 60.5 Å². The highest BCUT2D eigenvalue weighted by Gasteiger charge is 2.33. The number of methoxy groups -OCH3 is 1. The number of Topliss-reactive ketones (excluding diaryl/α,β-unsaturated/α-hetero) is 1. The van der Waals surface area contributed by atoms with E-state index in [2.05, 4.69) is 15.1 Å². The molecule has 0 unspecified atom stereocenters. The maximum Gasteiger partial charge on any atom is 0.308 e. The van der Waals surface area contributed by atoms with Gasteiger partial charge in [0.1, 0.15) is 0 Å². The standard InChI is InChI=1S/C45H56ClN7O5/c1-27-30(23-40(55)42-47-37-26-53(22-20-39(37)50(42)2)31-15-17-32(54)18-16-31)7-5-8-33(27)34-9-6-10-35(41(34)46)49-44(56)43-48-36-25-52(21-19-38(36)51(43)3)24-28-11-13-29(14-12-28)45(57)58-4/h5-10,28-29,31-32,54H,11-26H2,1-4H3,(H,49,56). The molecule has 8 rings (SSSR count). The Morgan fingerprint density at radius 1 is 0.845 bits per heavy atom. The number of ether oxygens (including phenoxy) is 1. The van der Waals surface area contributed by atoms with Gasteiger partial charge in [0.25, 0.3) is 5.91 Å². The minimum Gasteiger partial charge on any atom is -0.469 e. The zero-order chi connectivity index (χ0) is 40.7. The normalized spacial score (nSPS) is 22.6. The first-order valence-corrected chi connectivity index (χ1v) is 21.4. The van der Waals surface area contributed by atoms with Crippen molar-refractivity contribution in [2.24, 2.45) is 25.9 Å². The lowest BCUT2D eigenvalue weighted by Gasteiger charge is -2.37. The van der Waals surface area contributed by atoms with Crippen LogP contribution in [0.5, 0.6) is 0 Å². The van der Waals surface area contributed by atoms with Crippen molar-refractivity contribution in [1.29, 1.82) is 0 Å². The number of nitrogens with zero attached hydrogens (tertiary/aromatic N) is 6. The second kappa shape index (κ2) is 17.1. The predicted molar refractivity (Wildman–Crippen MR) is 223 cm³/mol. The van der Waals surface area contributed by atoms with Crippen LogP contribution < -0.4 is 5.32 Å². The van der Waals surface area contributed by atoms with E-state index in [1.54, 1.807) is 6.07 Å². The summed E-state index contributed by atoms with van der Waals surface area (Å²) in [6, 6.07) is 12.0. The predicted octanol–water partition coefficient (Wildman–Crippen LogP) is 6.46. The Bertz CT molecular complexity index is 2200. The zero-order valence-electron chi connectivity index (χ0n) is 34.2. The van der Waals surface area contributed by atoms with Gasteiger partial charge in [0.2, 0.25) is 5.78 Å². The lowest BCUT2D eigenvalue weighted by atomic mass is 9.81. The highest BCUT2D eigenvalue weighted by Crippen LogP contribution is 2.37. The first-order chi connectivity index (χ1) is 28.0. The third-order valence-corrected chi connectivity index (χ3v) is 13.9. The number of ketones is 1. The van der Waals surface area contributed by atoms with Crippen LogP contribution in [0.2, 0.25) is 5.02 Å². The van der Waals surface area contributed by atoms with Gasteiger partial charge in [0.15, 0.2) is 11.6 Å². The molecule has 2 aliphatic heterocycles.